The normalized spacial score (nSPS) is 12.6. The smallest absolute Gasteiger partial charge is 0.253 e. The Morgan fingerprint density at radius 2 is 1.69 bits per heavy atom. The molecule has 0 aliphatic rings. The number of nitrogens with zero attached hydrogens (tertiary/aromatic N) is 1. The average molecular weight is 416 g/mol. The highest BCUT2D eigenvalue weighted by Crippen LogP contribution is 2.24. The molecule has 0 aliphatic carbocycles. The summed E-state index contributed by atoms with van der Waals surface area (Å²) < 4.78 is 0. The third-order valence-corrected chi connectivity index (χ3v) is 5.02. The molecular formula is C22H26ClN3O3. The van der Waals surface area contributed by atoms with E-state index in [9.17, 15) is 14.4 Å². The predicted octanol–water partition coefficient (Wildman–Crippen LogP) is 3.83. The second kappa shape index (κ2) is 10.1. The summed E-state index contributed by atoms with van der Waals surface area (Å²) >= 11 is 6.22. The Balaban J connectivity index is 2.23. The van der Waals surface area contributed by atoms with Gasteiger partial charge in [0.05, 0.1) is 10.7 Å². The zero-order valence-corrected chi connectivity index (χ0v) is 17.8. The zero-order chi connectivity index (χ0) is 21.6. The van der Waals surface area contributed by atoms with Crippen molar-refractivity contribution in [3.63, 3.8) is 0 Å². The Bertz CT molecular complexity index is 884. The SMILES string of the molecule is CCC(C)C(NC(=O)c1ccccc1)C(=O)Nc1cc(C(=O)N(C)C)ccc1Cl. The van der Waals surface area contributed by atoms with Crippen molar-refractivity contribution in [2.75, 3.05) is 19.4 Å². The van der Waals surface area contributed by atoms with Crippen LogP contribution < -0.4 is 10.6 Å². The minimum absolute atomic E-state index is 0.104. The van der Waals surface area contributed by atoms with Gasteiger partial charge >= 0.3 is 0 Å². The molecule has 0 aromatic heterocycles. The van der Waals surface area contributed by atoms with E-state index in [2.05, 4.69) is 10.6 Å². The summed E-state index contributed by atoms with van der Waals surface area (Å²) in [6, 6.07) is 12.7. The molecule has 0 aliphatic heterocycles. The van der Waals surface area contributed by atoms with Crippen molar-refractivity contribution in [2.45, 2.75) is 26.3 Å². The first-order valence-corrected chi connectivity index (χ1v) is 9.80. The molecular weight excluding hydrogens is 390 g/mol. The average Bonchev–Trinajstić information content (AvgIpc) is 2.72. The van der Waals surface area contributed by atoms with Crippen LogP contribution >= 0.6 is 11.6 Å². The van der Waals surface area contributed by atoms with E-state index in [0.29, 0.717) is 28.3 Å². The number of carbonyl (C=O) groups is 3. The lowest BCUT2D eigenvalue weighted by Gasteiger charge is -2.24. The van der Waals surface area contributed by atoms with E-state index in [1.165, 1.54) is 11.0 Å². The summed E-state index contributed by atoms with van der Waals surface area (Å²) in [7, 11) is 3.29. The number of hydrogen-bond acceptors (Lipinski definition) is 3. The van der Waals surface area contributed by atoms with Gasteiger partial charge < -0.3 is 15.5 Å². The van der Waals surface area contributed by atoms with Crippen molar-refractivity contribution in [3.8, 4) is 0 Å². The van der Waals surface area contributed by atoms with Gasteiger partial charge in [-0.05, 0) is 36.2 Å². The van der Waals surface area contributed by atoms with Gasteiger partial charge in [-0.1, -0.05) is 50.1 Å². The minimum atomic E-state index is -0.753. The van der Waals surface area contributed by atoms with Crippen molar-refractivity contribution in [1.82, 2.24) is 10.2 Å². The lowest BCUT2D eigenvalue weighted by molar-refractivity contribution is -0.119. The molecule has 0 radical (unpaired) electrons. The van der Waals surface area contributed by atoms with Crippen LogP contribution in [0.25, 0.3) is 0 Å². The van der Waals surface area contributed by atoms with E-state index in [1.807, 2.05) is 19.9 Å². The number of benzene rings is 2. The molecule has 0 saturated carbocycles. The highest BCUT2D eigenvalue weighted by atomic mass is 35.5. The Hall–Kier alpha value is -2.86. The standard InChI is InChI=1S/C22H26ClN3O3/c1-5-14(2)19(25-20(27)15-9-7-6-8-10-15)21(28)24-18-13-16(11-12-17(18)23)22(29)26(3)4/h6-14,19H,5H2,1-4H3,(H,24,28)(H,25,27). The number of amides is 3. The van der Waals surface area contributed by atoms with Crippen LogP contribution in [0, 0.1) is 5.92 Å². The van der Waals surface area contributed by atoms with Crippen molar-refractivity contribution in [3.05, 3.63) is 64.7 Å². The summed E-state index contributed by atoms with van der Waals surface area (Å²) in [6.07, 6.45) is 0.694. The molecule has 6 nitrogen and oxygen atoms in total. The van der Waals surface area contributed by atoms with Crippen LogP contribution in [-0.2, 0) is 4.79 Å². The molecule has 0 heterocycles. The molecule has 2 aromatic rings. The molecule has 2 aromatic carbocycles. The number of halogens is 1. The third-order valence-electron chi connectivity index (χ3n) is 4.70. The Morgan fingerprint density at radius 1 is 1.03 bits per heavy atom. The molecule has 3 amide bonds. The second-order valence-electron chi connectivity index (χ2n) is 7.09. The third kappa shape index (κ3) is 5.81. The molecule has 0 fully saturated rings. The lowest BCUT2D eigenvalue weighted by atomic mass is 9.97. The number of anilines is 1. The summed E-state index contributed by atoms with van der Waals surface area (Å²) in [5.74, 6) is -1.02. The summed E-state index contributed by atoms with van der Waals surface area (Å²) in [5.41, 5.74) is 1.21. The first kappa shape index (κ1) is 22.4. The van der Waals surface area contributed by atoms with Crippen LogP contribution in [0.4, 0.5) is 5.69 Å². The van der Waals surface area contributed by atoms with Gasteiger partial charge in [-0.15, -0.1) is 0 Å². The molecule has 2 rings (SSSR count). The first-order chi connectivity index (χ1) is 13.7. The molecule has 154 valence electrons. The lowest BCUT2D eigenvalue weighted by Crippen LogP contribution is -2.47. The molecule has 0 spiro atoms. The van der Waals surface area contributed by atoms with Crippen LogP contribution in [0.3, 0.4) is 0 Å². The molecule has 2 unspecified atom stereocenters. The first-order valence-electron chi connectivity index (χ1n) is 9.42. The largest absolute Gasteiger partial charge is 0.345 e. The summed E-state index contributed by atoms with van der Waals surface area (Å²) in [5, 5.41) is 5.88. The Morgan fingerprint density at radius 3 is 2.28 bits per heavy atom. The molecule has 29 heavy (non-hydrogen) atoms. The van der Waals surface area contributed by atoms with Crippen LogP contribution in [0.1, 0.15) is 41.0 Å². The highest BCUT2D eigenvalue weighted by molar-refractivity contribution is 6.34. The summed E-state index contributed by atoms with van der Waals surface area (Å²) in [6.45, 7) is 3.84. The van der Waals surface area contributed by atoms with Crippen LogP contribution in [0.15, 0.2) is 48.5 Å². The van der Waals surface area contributed by atoms with E-state index < -0.39 is 6.04 Å². The number of carbonyl (C=O) groups excluding carboxylic acids is 3. The van der Waals surface area contributed by atoms with Crippen molar-refractivity contribution in [1.29, 1.82) is 0 Å². The van der Waals surface area contributed by atoms with Gasteiger partial charge in [-0.25, -0.2) is 0 Å². The maximum atomic E-state index is 13.0. The van der Waals surface area contributed by atoms with Crippen LogP contribution in [0.2, 0.25) is 5.02 Å². The maximum absolute atomic E-state index is 13.0. The number of hydrogen-bond donors (Lipinski definition) is 2. The molecule has 0 saturated heterocycles. The van der Waals surface area contributed by atoms with Gasteiger partial charge in [-0.3, -0.25) is 14.4 Å². The van der Waals surface area contributed by atoms with Crippen molar-refractivity contribution >= 4 is 35.0 Å². The summed E-state index contributed by atoms with van der Waals surface area (Å²) in [4.78, 5) is 39.2. The number of rotatable bonds is 7. The fraction of sp³-hybridized carbons (Fsp3) is 0.318. The minimum Gasteiger partial charge on any atom is -0.345 e. The fourth-order valence-corrected chi connectivity index (χ4v) is 2.90. The molecule has 0 bridgehead atoms. The van der Waals surface area contributed by atoms with E-state index in [0.717, 1.165) is 0 Å². The number of nitrogens with one attached hydrogen (secondary N) is 2. The van der Waals surface area contributed by atoms with Gasteiger partial charge in [-0.2, -0.15) is 0 Å². The van der Waals surface area contributed by atoms with E-state index in [-0.39, 0.29) is 23.6 Å². The highest BCUT2D eigenvalue weighted by Gasteiger charge is 2.27. The zero-order valence-electron chi connectivity index (χ0n) is 17.0. The van der Waals surface area contributed by atoms with Crippen molar-refractivity contribution in [2.24, 2.45) is 5.92 Å². The quantitative estimate of drug-likeness (QED) is 0.721. The Kier molecular flexibility index (Phi) is 7.79. The van der Waals surface area contributed by atoms with E-state index in [4.69, 9.17) is 11.6 Å². The topological polar surface area (TPSA) is 78.5 Å². The Labute approximate surface area is 176 Å². The fourth-order valence-electron chi connectivity index (χ4n) is 2.74. The van der Waals surface area contributed by atoms with Crippen LogP contribution in [-0.4, -0.2) is 42.8 Å². The van der Waals surface area contributed by atoms with Crippen LogP contribution in [0.5, 0.6) is 0 Å². The van der Waals surface area contributed by atoms with Crippen molar-refractivity contribution < 1.29 is 14.4 Å². The van der Waals surface area contributed by atoms with E-state index in [1.54, 1.807) is 50.5 Å². The molecule has 7 heteroatoms. The van der Waals surface area contributed by atoms with Gasteiger partial charge in [0.2, 0.25) is 5.91 Å². The molecule has 2 atom stereocenters. The van der Waals surface area contributed by atoms with Gasteiger partial charge in [0.1, 0.15) is 6.04 Å². The monoisotopic (exact) mass is 415 g/mol. The molecule has 2 N–H and O–H groups in total. The van der Waals surface area contributed by atoms with E-state index >= 15 is 0 Å². The predicted molar refractivity (Wildman–Crippen MR) is 115 cm³/mol. The van der Waals surface area contributed by atoms with Gasteiger partial charge in [0.25, 0.3) is 11.8 Å². The second-order valence-corrected chi connectivity index (χ2v) is 7.49. The maximum Gasteiger partial charge on any atom is 0.253 e. The van der Waals surface area contributed by atoms with Gasteiger partial charge in [0, 0.05) is 25.2 Å². The van der Waals surface area contributed by atoms with Gasteiger partial charge in [0.15, 0.2) is 0 Å².